The van der Waals surface area contributed by atoms with Gasteiger partial charge in [0, 0.05) is 51.2 Å². The minimum atomic E-state index is -3.63. The van der Waals surface area contributed by atoms with E-state index < -0.39 is 10.0 Å². The number of thiophene rings is 1. The molecular weight excluding hydrogens is 466 g/mol. The molecule has 6 nitrogen and oxygen atoms in total. The molecule has 0 aliphatic carbocycles. The van der Waals surface area contributed by atoms with Crippen LogP contribution in [0, 0.1) is 0 Å². The summed E-state index contributed by atoms with van der Waals surface area (Å²) in [7, 11) is -3.63. The molecule has 0 unspecified atom stereocenters. The predicted molar refractivity (Wildman–Crippen MR) is 134 cm³/mol. The van der Waals surface area contributed by atoms with Gasteiger partial charge in [-0.25, -0.2) is 8.42 Å². The molecular formula is C26H29N3O3S2. The average molecular weight is 496 g/mol. The van der Waals surface area contributed by atoms with Gasteiger partial charge in [-0.3, -0.25) is 9.69 Å². The van der Waals surface area contributed by atoms with Crippen LogP contribution in [0.3, 0.4) is 0 Å². The van der Waals surface area contributed by atoms with Crippen molar-refractivity contribution in [1.82, 2.24) is 14.1 Å². The molecule has 0 atom stereocenters. The third-order valence-corrected chi connectivity index (χ3v) is 9.90. The summed E-state index contributed by atoms with van der Waals surface area (Å²) in [5.41, 5.74) is 4.00. The van der Waals surface area contributed by atoms with Crippen LogP contribution in [0.15, 0.2) is 70.3 Å². The summed E-state index contributed by atoms with van der Waals surface area (Å²) in [6.07, 6.45) is 1.61. The molecule has 1 aromatic heterocycles. The van der Waals surface area contributed by atoms with Gasteiger partial charge in [0.25, 0.3) is 15.9 Å². The van der Waals surface area contributed by atoms with Crippen LogP contribution in [-0.2, 0) is 29.5 Å². The number of hydrogen-bond donors (Lipinski definition) is 0. The molecule has 2 aliphatic rings. The number of benzene rings is 2. The number of fused-ring (bicyclic) bond motifs is 1. The summed E-state index contributed by atoms with van der Waals surface area (Å²) < 4.78 is 28.3. The van der Waals surface area contributed by atoms with E-state index in [0.717, 1.165) is 43.0 Å². The normalized spacial score (nSPS) is 17.8. The van der Waals surface area contributed by atoms with Crippen molar-refractivity contribution < 1.29 is 13.2 Å². The summed E-state index contributed by atoms with van der Waals surface area (Å²) in [4.78, 5) is 17.4. The van der Waals surface area contributed by atoms with Crippen LogP contribution >= 0.6 is 11.3 Å². The molecule has 0 radical (unpaired) electrons. The van der Waals surface area contributed by atoms with Gasteiger partial charge >= 0.3 is 0 Å². The Labute approximate surface area is 205 Å². The van der Waals surface area contributed by atoms with E-state index in [-0.39, 0.29) is 10.1 Å². The lowest BCUT2D eigenvalue weighted by Crippen LogP contribution is -2.36. The van der Waals surface area contributed by atoms with Crippen LogP contribution in [0.25, 0.3) is 0 Å². The fraction of sp³-hybridized carbons (Fsp3) is 0.346. The molecule has 0 N–H and O–H groups in total. The number of amides is 1. The van der Waals surface area contributed by atoms with Crippen LogP contribution < -0.4 is 0 Å². The summed E-state index contributed by atoms with van der Waals surface area (Å²) in [6, 6.07) is 19.9. The molecule has 2 aliphatic heterocycles. The van der Waals surface area contributed by atoms with Crippen molar-refractivity contribution in [2.24, 2.45) is 0 Å². The van der Waals surface area contributed by atoms with E-state index in [1.54, 1.807) is 11.4 Å². The lowest BCUT2D eigenvalue weighted by molar-refractivity contribution is 0.0761. The van der Waals surface area contributed by atoms with E-state index in [1.807, 2.05) is 41.3 Å². The highest BCUT2D eigenvalue weighted by Gasteiger charge is 2.31. The molecule has 0 bridgehead atoms. The van der Waals surface area contributed by atoms with Gasteiger partial charge in [0.15, 0.2) is 0 Å². The predicted octanol–water partition coefficient (Wildman–Crippen LogP) is 3.84. The zero-order chi connectivity index (χ0) is 23.5. The van der Waals surface area contributed by atoms with E-state index in [1.165, 1.54) is 15.4 Å². The van der Waals surface area contributed by atoms with Gasteiger partial charge in [0.2, 0.25) is 0 Å². The van der Waals surface area contributed by atoms with Gasteiger partial charge in [0.05, 0.1) is 5.56 Å². The summed E-state index contributed by atoms with van der Waals surface area (Å²) in [5, 5.41) is 1.69. The number of carbonyl (C=O) groups is 1. The molecule has 3 heterocycles. The van der Waals surface area contributed by atoms with Crippen LogP contribution in [0.5, 0.6) is 0 Å². The standard InChI is InChI=1S/C26H29N3O3S2/c30-26(28-13-6-12-27(15-16-28)18-21-7-2-1-3-8-21)24-17-25(33-20-24)34(31,32)29-14-11-22-9-4-5-10-23(22)19-29/h1-5,7-10,17,20H,6,11-16,18-19H2. The molecule has 1 saturated heterocycles. The maximum absolute atomic E-state index is 13.3. The van der Waals surface area contributed by atoms with Crippen LogP contribution in [0.4, 0.5) is 0 Å². The number of carbonyl (C=O) groups excluding carboxylic acids is 1. The SMILES string of the molecule is O=C(c1csc(S(=O)(=O)N2CCc3ccccc3C2)c1)N1CCCN(Cc2ccccc2)CC1. The Balaban J connectivity index is 1.24. The number of nitrogens with zero attached hydrogens (tertiary/aromatic N) is 3. The first-order valence-corrected chi connectivity index (χ1v) is 14.0. The van der Waals surface area contributed by atoms with Crippen LogP contribution in [-0.4, -0.2) is 61.2 Å². The van der Waals surface area contributed by atoms with Crippen molar-refractivity contribution in [3.8, 4) is 0 Å². The molecule has 1 amide bonds. The largest absolute Gasteiger partial charge is 0.337 e. The molecule has 2 aromatic carbocycles. The van der Waals surface area contributed by atoms with Crippen molar-refractivity contribution in [3.05, 3.63) is 88.3 Å². The summed E-state index contributed by atoms with van der Waals surface area (Å²) >= 11 is 1.14. The summed E-state index contributed by atoms with van der Waals surface area (Å²) in [5.74, 6) is -0.0803. The van der Waals surface area contributed by atoms with Gasteiger partial charge in [-0.1, -0.05) is 54.6 Å². The van der Waals surface area contributed by atoms with Gasteiger partial charge < -0.3 is 4.90 Å². The Morgan fingerprint density at radius 2 is 1.65 bits per heavy atom. The molecule has 5 rings (SSSR count). The van der Waals surface area contributed by atoms with Crippen molar-refractivity contribution >= 4 is 27.3 Å². The smallest absolute Gasteiger partial charge is 0.254 e. The van der Waals surface area contributed by atoms with E-state index >= 15 is 0 Å². The number of rotatable bonds is 5. The first-order chi connectivity index (χ1) is 16.5. The first kappa shape index (κ1) is 23.2. The van der Waals surface area contributed by atoms with Crippen LogP contribution in [0.2, 0.25) is 0 Å². The lowest BCUT2D eigenvalue weighted by atomic mass is 10.0. The minimum absolute atomic E-state index is 0.0803. The average Bonchev–Trinajstić information content (AvgIpc) is 3.26. The van der Waals surface area contributed by atoms with Gasteiger partial charge in [-0.15, -0.1) is 11.3 Å². The molecule has 178 valence electrons. The third-order valence-electron chi connectivity index (χ3n) is 6.64. The highest BCUT2D eigenvalue weighted by molar-refractivity contribution is 7.91. The second-order valence-corrected chi connectivity index (χ2v) is 12.0. The minimum Gasteiger partial charge on any atom is -0.337 e. The quantitative estimate of drug-likeness (QED) is 0.540. The lowest BCUT2D eigenvalue weighted by Gasteiger charge is -2.27. The maximum Gasteiger partial charge on any atom is 0.254 e. The van der Waals surface area contributed by atoms with E-state index in [2.05, 4.69) is 23.1 Å². The molecule has 0 spiro atoms. The molecule has 0 saturated carbocycles. The Hall–Kier alpha value is -2.52. The van der Waals surface area contributed by atoms with Crippen molar-refractivity contribution in [2.45, 2.75) is 30.1 Å². The second-order valence-electron chi connectivity index (χ2n) is 8.92. The Morgan fingerprint density at radius 1 is 0.882 bits per heavy atom. The van der Waals surface area contributed by atoms with Gasteiger partial charge in [-0.2, -0.15) is 4.31 Å². The molecule has 3 aromatic rings. The zero-order valence-corrected chi connectivity index (χ0v) is 20.7. The van der Waals surface area contributed by atoms with Gasteiger partial charge in [0.1, 0.15) is 4.21 Å². The van der Waals surface area contributed by atoms with Crippen molar-refractivity contribution in [1.29, 1.82) is 0 Å². The molecule has 8 heteroatoms. The molecule has 1 fully saturated rings. The monoisotopic (exact) mass is 495 g/mol. The first-order valence-electron chi connectivity index (χ1n) is 11.7. The van der Waals surface area contributed by atoms with E-state index in [9.17, 15) is 13.2 Å². The highest BCUT2D eigenvalue weighted by Crippen LogP contribution is 2.29. The number of sulfonamides is 1. The zero-order valence-electron chi connectivity index (χ0n) is 19.1. The third kappa shape index (κ3) is 4.95. The second kappa shape index (κ2) is 10.00. The van der Waals surface area contributed by atoms with E-state index in [0.29, 0.717) is 38.2 Å². The topological polar surface area (TPSA) is 60.9 Å². The fourth-order valence-corrected chi connectivity index (χ4v) is 7.45. The van der Waals surface area contributed by atoms with Crippen molar-refractivity contribution in [2.75, 3.05) is 32.7 Å². The fourth-order valence-electron chi connectivity index (χ4n) is 4.72. The Morgan fingerprint density at radius 3 is 2.47 bits per heavy atom. The Bertz CT molecular complexity index is 1260. The molecule has 34 heavy (non-hydrogen) atoms. The van der Waals surface area contributed by atoms with Crippen LogP contribution in [0.1, 0.15) is 33.5 Å². The van der Waals surface area contributed by atoms with E-state index in [4.69, 9.17) is 0 Å². The number of hydrogen-bond acceptors (Lipinski definition) is 5. The maximum atomic E-state index is 13.3. The van der Waals surface area contributed by atoms with Gasteiger partial charge in [-0.05, 0) is 35.6 Å². The highest BCUT2D eigenvalue weighted by atomic mass is 32.2. The van der Waals surface area contributed by atoms with Crippen molar-refractivity contribution in [3.63, 3.8) is 0 Å². The summed E-state index contributed by atoms with van der Waals surface area (Å²) in [6.45, 7) is 4.80. The Kier molecular flexibility index (Phi) is 6.83.